The van der Waals surface area contributed by atoms with Crippen molar-refractivity contribution in [2.75, 3.05) is 11.1 Å². The van der Waals surface area contributed by atoms with E-state index in [-0.39, 0.29) is 10.9 Å². The van der Waals surface area contributed by atoms with Crippen LogP contribution in [0.3, 0.4) is 0 Å². The van der Waals surface area contributed by atoms with Crippen molar-refractivity contribution in [3.05, 3.63) is 18.2 Å². The Kier molecular flexibility index (Phi) is 2.35. The van der Waals surface area contributed by atoms with Gasteiger partial charge in [0.05, 0.1) is 11.4 Å². The second kappa shape index (κ2) is 3.27. The normalized spacial score (nSPS) is 9.33. The Morgan fingerprint density at radius 1 is 1.50 bits per heavy atom. The molecule has 0 aliphatic heterocycles. The number of rotatable bonds is 1. The molecule has 0 atom stereocenters. The van der Waals surface area contributed by atoms with Crippen molar-refractivity contribution in [1.82, 2.24) is 0 Å². The highest BCUT2D eigenvalue weighted by molar-refractivity contribution is 7.80. The SMILES string of the molecule is NC(=S)Nc1ccc(O)cc1N. The van der Waals surface area contributed by atoms with E-state index in [0.29, 0.717) is 11.4 Å². The molecule has 64 valence electrons. The summed E-state index contributed by atoms with van der Waals surface area (Å²) in [6.07, 6.45) is 0. The number of nitrogens with one attached hydrogen (secondary N) is 1. The van der Waals surface area contributed by atoms with Gasteiger partial charge in [0.1, 0.15) is 5.75 Å². The summed E-state index contributed by atoms with van der Waals surface area (Å²) in [5.41, 5.74) is 11.8. The molecular formula is C7H9N3OS. The van der Waals surface area contributed by atoms with Crippen molar-refractivity contribution in [1.29, 1.82) is 0 Å². The lowest BCUT2D eigenvalue weighted by Gasteiger charge is -2.06. The summed E-state index contributed by atoms with van der Waals surface area (Å²) < 4.78 is 0. The number of phenols is 1. The van der Waals surface area contributed by atoms with E-state index in [4.69, 9.17) is 16.6 Å². The van der Waals surface area contributed by atoms with Crippen LogP contribution < -0.4 is 16.8 Å². The van der Waals surface area contributed by atoms with Crippen LogP contribution in [0.2, 0.25) is 0 Å². The van der Waals surface area contributed by atoms with E-state index in [1.807, 2.05) is 0 Å². The van der Waals surface area contributed by atoms with Crippen LogP contribution in [0.4, 0.5) is 11.4 Å². The molecule has 1 aromatic rings. The molecule has 0 aliphatic carbocycles. The number of thiocarbonyl (C=S) groups is 1. The summed E-state index contributed by atoms with van der Waals surface area (Å²) in [6, 6.07) is 4.52. The van der Waals surface area contributed by atoms with Crippen LogP contribution in [0.15, 0.2) is 18.2 Å². The molecule has 4 nitrogen and oxygen atoms in total. The molecule has 0 aromatic heterocycles. The fourth-order valence-corrected chi connectivity index (χ4v) is 0.907. The van der Waals surface area contributed by atoms with Crippen LogP contribution in [0.1, 0.15) is 0 Å². The summed E-state index contributed by atoms with van der Waals surface area (Å²) in [4.78, 5) is 0. The zero-order valence-electron chi connectivity index (χ0n) is 6.24. The number of nitrogen functional groups attached to an aromatic ring is 1. The molecule has 0 fully saturated rings. The highest BCUT2D eigenvalue weighted by Gasteiger charge is 1.99. The van der Waals surface area contributed by atoms with Gasteiger partial charge in [-0.1, -0.05) is 0 Å². The lowest BCUT2D eigenvalue weighted by molar-refractivity contribution is 0.476. The quantitative estimate of drug-likeness (QED) is 0.291. The van der Waals surface area contributed by atoms with Gasteiger partial charge in [-0.3, -0.25) is 0 Å². The minimum Gasteiger partial charge on any atom is -0.508 e. The average Bonchev–Trinajstić information content (AvgIpc) is 1.94. The number of aromatic hydroxyl groups is 1. The van der Waals surface area contributed by atoms with E-state index >= 15 is 0 Å². The highest BCUT2D eigenvalue weighted by Crippen LogP contribution is 2.22. The zero-order chi connectivity index (χ0) is 9.14. The number of anilines is 2. The van der Waals surface area contributed by atoms with E-state index in [1.165, 1.54) is 12.1 Å². The Balaban J connectivity index is 2.93. The molecule has 0 heterocycles. The monoisotopic (exact) mass is 183 g/mol. The largest absolute Gasteiger partial charge is 0.508 e. The van der Waals surface area contributed by atoms with Crippen molar-refractivity contribution in [2.45, 2.75) is 0 Å². The van der Waals surface area contributed by atoms with Gasteiger partial charge in [-0.25, -0.2) is 0 Å². The first-order valence-corrected chi connectivity index (χ1v) is 3.65. The molecule has 0 spiro atoms. The fourth-order valence-electron chi connectivity index (χ4n) is 0.797. The Morgan fingerprint density at radius 2 is 2.17 bits per heavy atom. The molecule has 0 saturated carbocycles. The molecule has 5 heteroatoms. The average molecular weight is 183 g/mol. The van der Waals surface area contributed by atoms with Gasteiger partial charge in [0.15, 0.2) is 5.11 Å². The lowest BCUT2D eigenvalue weighted by atomic mass is 10.2. The molecule has 6 N–H and O–H groups in total. The molecule has 0 saturated heterocycles. The fraction of sp³-hybridized carbons (Fsp3) is 0. The summed E-state index contributed by atoms with van der Waals surface area (Å²) >= 11 is 4.62. The van der Waals surface area contributed by atoms with E-state index < -0.39 is 0 Å². The second-order valence-corrected chi connectivity index (χ2v) is 2.70. The standard InChI is InChI=1S/C7H9N3OS/c8-5-3-4(11)1-2-6(5)10-7(9)12/h1-3,11H,8H2,(H3,9,10,12). The van der Waals surface area contributed by atoms with E-state index in [0.717, 1.165) is 0 Å². The number of hydrogen-bond acceptors (Lipinski definition) is 3. The maximum atomic E-state index is 9.00. The van der Waals surface area contributed by atoms with Gasteiger partial charge in [-0.05, 0) is 24.4 Å². The summed E-state index contributed by atoms with van der Waals surface area (Å²) in [6.45, 7) is 0. The third-order valence-electron chi connectivity index (χ3n) is 1.29. The minimum atomic E-state index is 0.112. The maximum absolute atomic E-state index is 9.00. The minimum absolute atomic E-state index is 0.112. The Bertz CT molecular complexity index is 314. The predicted octanol–water partition coefficient (Wildman–Crippen LogP) is 0.630. The van der Waals surface area contributed by atoms with Gasteiger partial charge < -0.3 is 21.9 Å². The molecule has 12 heavy (non-hydrogen) atoms. The van der Waals surface area contributed by atoms with Crippen LogP contribution in [-0.4, -0.2) is 10.2 Å². The van der Waals surface area contributed by atoms with Gasteiger partial charge >= 0.3 is 0 Å². The molecule has 0 unspecified atom stereocenters. The van der Waals surface area contributed by atoms with Crippen molar-refractivity contribution in [3.63, 3.8) is 0 Å². The first-order chi connectivity index (χ1) is 5.59. The molecule has 0 amide bonds. The van der Waals surface area contributed by atoms with Gasteiger partial charge in [0, 0.05) is 6.07 Å². The van der Waals surface area contributed by atoms with Crippen LogP contribution in [-0.2, 0) is 0 Å². The van der Waals surface area contributed by atoms with Gasteiger partial charge in [-0.2, -0.15) is 0 Å². The zero-order valence-corrected chi connectivity index (χ0v) is 7.06. The number of hydrogen-bond donors (Lipinski definition) is 4. The number of benzene rings is 1. The maximum Gasteiger partial charge on any atom is 0.168 e. The van der Waals surface area contributed by atoms with Gasteiger partial charge in [0.25, 0.3) is 0 Å². The van der Waals surface area contributed by atoms with Crippen molar-refractivity contribution in [3.8, 4) is 5.75 Å². The Labute approximate surface area is 75.2 Å². The molecule has 1 rings (SSSR count). The molecule has 0 aliphatic rings. The van der Waals surface area contributed by atoms with Crippen molar-refractivity contribution >= 4 is 28.7 Å². The third-order valence-corrected chi connectivity index (χ3v) is 1.40. The Morgan fingerprint density at radius 3 is 2.67 bits per heavy atom. The summed E-state index contributed by atoms with van der Waals surface area (Å²) in [7, 11) is 0. The highest BCUT2D eigenvalue weighted by atomic mass is 32.1. The van der Waals surface area contributed by atoms with Gasteiger partial charge in [-0.15, -0.1) is 0 Å². The van der Waals surface area contributed by atoms with Crippen LogP contribution in [0.5, 0.6) is 5.75 Å². The third kappa shape index (κ3) is 2.00. The topological polar surface area (TPSA) is 84.3 Å². The van der Waals surface area contributed by atoms with Crippen LogP contribution in [0, 0.1) is 0 Å². The smallest absolute Gasteiger partial charge is 0.168 e. The van der Waals surface area contributed by atoms with E-state index in [2.05, 4.69) is 17.5 Å². The first kappa shape index (κ1) is 8.61. The Hall–Kier alpha value is -1.49. The van der Waals surface area contributed by atoms with Crippen LogP contribution >= 0.6 is 12.2 Å². The van der Waals surface area contributed by atoms with E-state index in [1.54, 1.807) is 6.07 Å². The summed E-state index contributed by atoms with van der Waals surface area (Å²) in [5.74, 6) is 0.112. The predicted molar refractivity (Wildman–Crippen MR) is 52.9 cm³/mol. The second-order valence-electron chi connectivity index (χ2n) is 2.26. The first-order valence-electron chi connectivity index (χ1n) is 3.24. The lowest BCUT2D eigenvalue weighted by Crippen LogP contribution is -2.19. The van der Waals surface area contributed by atoms with Crippen molar-refractivity contribution in [2.24, 2.45) is 5.73 Å². The van der Waals surface area contributed by atoms with Gasteiger partial charge in [0.2, 0.25) is 0 Å². The molecular weight excluding hydrogens is 174 g/mol. The molecule has 0 radical (unpaired) electrons. The molecule has 1 aromatic carbocycles. The number of phenolic OH excluding ortho intramolecular Hbond substituents is 1. The number of nitrogens with two attached hydrogens (primary N) is 2. The molecule has 0 bridgehead atoms. The van der Waals surface area contributed by atoms with Crippen molar-refractivity contribution < 1.29 is 5.11 Å². The van der Waals surface area contributed by atoms with Crippen LogP contribution in [0.25, 0.3) is 0 Å². The summed E-state index contributed by atoms with van der Waals surface area (Å²) in [5, 5.41) is 11.8. The van der Waals surface area contributed by atoms with E-state index in [9.17, 15) is 0 Å².